The number of likely N-dealkylation sites (tertiary alicyclic amines) is 1. The first-order valence-corrected chi connectivity index (χ1v) is 8.32. The second-order valence-electron chi connectivity index (χ2n) is 6.31. The number of nitrogens with one attached hydrogen (secondary N) is 2. The number of rotatable bonds is 5. The van der Waals surface area contributed by atoms with Gasteiger partial charge in [-0.25, -0.2) is 9.89 Å². The van der Waals surface area contributed by atoms with Crippen LogP contribution in [0.3, 0.4) is 0 Å². The van der Waals surface area contributed by atoms with E-state index in [2.05, 4.69) is 20.4 Å². The number of halogens is 3. The number of anilines is 1. The van der Waals surface area contributed by atoms with Gasteiger partial charge in [0.15, 0.2) is 0 Å². The molecule has 7 nitrogen and oxygen atoms in total. The number of nitrogens with zero attached hydrogens (tertiary/aromatic N) is 2. The highest BCUT2D eigenvalue weighted by molar-refractivity contribution is 5.65. The van der Waals surface area contributed by atoms with Crippen molar-refractivity contribution in [2.45, 2.75) is 25.1 Å². The zero-order valence-electron chi connectivity index (χ0n) is 14.0. The van der Waals surface area contributed by atoms with Crippen molar-refractivity contribution in [3.05, 3.63) is 34.3 Å². The van der Waals surface area contributed by atoms with E-state index in [4.69, 9.17) is 10.2 Å². The minimum Gasteiger partial charge on any atom is -0.388 e. The number of H-pyrrole nitrogens is 1. The summed E-state index contributed by atoms with van der Waals surface area (Å²) in [4.78, 5) is 13.2. The molecule has 2 heterocycles. The first-order chi connectivity index (χ1) is 12.3. The summed E-state index contributed by atoms with van der Waals surface area (Å²) in [5, 5.41) is 8.57. The smallest absolute Gasteiger partial charge is 0.388 e. The van der Waals surface area contributed by atoms with E-state index < -0.39 is 17.5 Å². The Morgan fingerprint density at radius 2 is 2.23 bits per heavy atom. The van der Waals surface area contributed by atoms with E-state index in [1.54, 1.807) is 0 Å². The minimum atomic E-state index is -4.50. The molecule has 1 fully saturated rings. The molecule has 1 aromatic carbocycles. The maximum absolute atomic E-state index is 13.3. The number of hydrogen-bond acceptors (Lipinski definition) is 6. The lowest BCUT2D eigenvalue weighted by Gasteiger charge is -2.30. The predicted octanol–water partition coefficient (Wildman–Crippen LogP) is 1.88. The van der Waals surface area contributed by atoms with Crippen molar-refractivity contribution in [3.63, 3.8) is 0 Å². The number of alkyl halides is 3. The lowest BCUT2D eigenvalue weighted by molar-refractivity contribution is -0.136. The van der Waals surface area contributed by atoms with E-state index in [0.717, 1.165) is 32.0 Å². The highest BCUT2D eigenvalue weighted by Crippen LogP contribution is 2.36. The normalized spacial score (nSPS) is 18.8. The first kappa shape index (κ1) is 18.5. The monoisotopic (exact) mass is 371 g/mol. The molecule has 0 bridgehead atoms. The topological polar surface area (TPSA) is 100 Å². The molecular weight excluding hydrogens is 351 g/mol. The molecular formula is C16H20F3N5O2. The van der Waals surface area contributed by atoms with Crippen molar-refractivity contribution >= 4 is 5.69 Å². The summed E-state index contributed by atoms with van der Waals surface area (Å²) in [6.45, 7) is 2.56. The van der Waals surface area contributed by atoms with E-state index in [0.29, 0.717) is 13.1 Å². The summed E-state index contributed by atoms with van der Waals surface area (Å²) in [6.07, 6.45) is -2.54. The SMILES string of the molecule is N[C@H]1CCCN(CCNc2cc(-c3n[nH]c(=O)o3)ccc2C(F)(F)F)C1. The van der Waals surface area contributed by atoms with Gasteiger partial charge in [0, 0.05) is 36.9 Å². The summed E-state index contributed by atoms with van der Waals surface area (Å²) >= 11 is 0. The minimum absolute atomic E-state index is 0.0613. The second kappa shape index (κ2) is 7.50. The Morgan fingerprint density at radius 3 is 2.88 bits per heavy atom. The molecule has 4 N–H and O–H groups in total. The molecule has 0 unspecified atom stereocenters. The van der Waals surface area contributed by atoms with Crippen molar-refractivity contribution < 1.29 is 17.6 Å². The van der Waals surface area contributed by atoms with E-state index in [-0.39, 0.29) is 23.2 Å². The Kier molecular flexibility index (Phi) is 5.33. The Labute approximate surface area is 147 Å². The number of nitrogens with two attached hydrogens (primary N) is 1. The molecule has 10 heteroatoms. The van der Waals surface area contributed by atoms with Crippen LogP contribution in [-0.4, -0.2) is 47.3 Å². The maximum atomic E-state index is 13.3. The predicted molar refractivity (Wildman–Crippen MR) is 89.7 cm³/mol. The Morgan fingerprint density at radius 1 is 1.42 bits per heavy atom. The number of hydrogen-bond donors (Lipinski definition) is 3. The Balaban J connectivity index is 1.75. The zero-order chi connectivity index (χ0) is 18.7. The van der Waals surface area contributed by atoms with Gasteiger partial charge in [-0.3, -0.25) is 0 Å². The zero-order valence-corrected chi connectivity index (χ0v) is 14.0. The van der Waals surface area contributed by atoms with Crippen LogP contribution in [0.5, 0.6) is 0 Å². The molecule has 0 aliphatic carbocycles. The van der Waals surface area contributed by atoms with Gasteiger partial charge < -0.3 is 20.4 Å². The van der Waals surface area contributed by atoms with Gasteiger partial charge in [0.25, 0.3) is 0 Å². The van der Waals surface area contributed by atoms with Crippen LogP contribution in [-0.2, 0) is 6.18 Å². The van der Waals surface area contributed by atoms with Gasteiger partial charge in [0.1, 0.15) is 0 Å². The average Bonchev–Trinajstić information content (AvgIpc) is 3.00. The van der Waals surface area contributed by atoms with E-state index in [1.807, 2.05) is 0 Å². The molecule has 1 aromatic heterocycles. The van der Waals surface area contributed by atoms with Gasteiger partial charge in [0.05, 0.1) is 5.56 Å². The molecule has 0 radical (unpaired) electrons. The van der Waals surface area contributed by atoms with Crippen molar-refractivity contribution in [3.8, 4) is 11.5 Å². The van der Waals surface area contributed by atoms with Crippen LogP contribution in [0.4, 0.5) is 18.9 Å². The average molecular weight is 371 g/mol. The van der Waals surface area contributed by atoms with Gasteiger partial charge in [-0.05, 0) is 37.6 Å². The largest absolute Gasteiger partial charge is 0.434 e. The molecule has 3 rings (SSSR count). The third-order valence-corrected chi connectivity index (χ3v) is 4.30. The standard InChI is InChI=1S/C16H20F3N5O2/c17-16(18,19)12-4-3-10(14-22-23-15(25)26-14)8-13(12)21-5-7-24-6-1-2-11(20)9-24/h3-4,8,11,21H,1-2,5-7,9,20H2,(H,23,25)/t11-/m0/s1. The van der Waals surface area contributed by atoms with Crippen LogP contribution in [0.15, 0.2) is 27.4 Å². The number of piperidine rings is 1. The third kappa shape index (κ3) is 4.44. The third-order valence-electron chi connectivity index (χ3n) is 4.30. The van der Waals surface area contributed by atoms with Gasteiger partial charge in [-0.1, -0.05) is 0 Å². The van der Waals surface area contributed by atoms with E-state index in [9.17, 15) is 18.0 Å². The van der Waals surface area contributed by atoms with Crippen LogP contribution >= 0.6 is 0 Å². The highest BCUT2D eigenvalue weighted by Gasteiger charge is 2.33. The molecule has 0 amide bonds. The molecule has 0 saturated carbocycles. The Hall–Kier alpha value is -2.33. The van der Waals surface area contributed by atoms with Crippen LogP contribution in [0.25, 0.3) is 11.5 Å². The fourth-order valence-electron chi connectivity index (χ4n) is 3.07. The van der Waals surface area contributed by atoms with Crippen molar-refractivity contribution in [2.24, 2.45) is 5.73 Å². The molecule has 26 heavy (non-hydrogen) atoms. The van der Waals surface area contributed by atoms with Crippen molar-refractivity contribution in [1.29, 1.82) is 0 Å². The fraction of sp³-hybridized carbons (Fsp3) is 0.500. The summed E-state index contributed by atoms with van der Waals surface area (Å²) in [6, 6.07) is 3.56. The number of aromatic nitrogens is 2. The molecule has 1 aliphatic heterocycles. The maximum Gasteiger partial charge on any atom is 0.434 e. The van der Waals surface area contributed by atoms with Crippen LogP contribution in [0.1, 0.15) is 18.4 Å². The van der Waals surface area contributed by atoms with Gasteiger partial charge >= 0.3 is 11.9 Å². The van der Waals surface area contributed by atoms with Gasteiger partial charge in [0.2, 0.25) is 5.89 Å². The molecule has 2 aromatic rings. The van der Waals surface area contributed by atoms with Crippen LogP contribution in [0.2, 0.25) is 0 Å². The molecule has 0 spiro atoms. The summed E-state index contributed by atoms with van der Waals surface area (Å²) in [7, 11) is 0. The highest BCUT2D eigenvalue weighted by atomic mass is 19.4. The molecule has 1 saturated heterocycles. The fourth-order valence-corrected chi connectivity index (χ4v) is 3.07. The molecule has 1 atom stereocenters. The lowest BCUT2D eigenvalue weighted by atomic mass is 10.1. The number of benzene rings is 1. The summed E-state index contributed by atoms with van der Waals surface area (Å²) in [5.41, 5.74) is 5.33. The second-order valence-corrected chi connectivity index (χ2v) is 6.31. The van der Waals surface area contributed by atoms with Crippen molar-refractivity contribution in [2.75, 3.05) is 31.5 Å². The van der Waals surface area contributed by atoms with E-state index >= 15 is 0 Å². The Bertz CT molecular complexity index is 802. The molecule has 1 aliphatic rings. The molecule has 142 valence electrons. The van der Waals surface area contributed by atoms with Crippen LogP contribution < -0.4 is 16.8 Å². The van der Waals surface area contributed by atoms with Crippen molar-refractivity contribution in [1.82, 2.24) is 15.1 Å². The lowest BCUT2D eigenvalue weighted by Crippen LogP contribution is -2.44. The van der Waals surface area contributed by atoms with Gasteiger partial charge in [-0.15, -0.1) is 5.10 Å². The van der Waals surface area contributed by atoms with Crippen LogP contribution in [0, 0.1) is 0 Å². The summed E-state index contributed by atoms with van der Waals surface area (Å²) < 4.78 is 44.6. The quantitative estimate of drug-likeness (QED) is 0.742. The first-order valence-electron chi connectivity index (χ1n) is 8.32. The van der Waals surface area contributed by atoms with Gasteiger partial charge in [-0.2, -0.15) is 13.2 Å². The summed E-state index contributed by atoms with van der Waals surface area (Å²) in [5.74, 6) is -0.829. The van der Waals surface area contributed by atoms with E-state index in [1.165, 1.54) is 12.1 Å². The number of aromatic amines is 1.